The number of hydrogen-bond donors (Lipinski definition) is 0. The zero-order chi connectivity index (χ0) is 10.4. The minimum Gasteiger partial charge on any atom is -0.383 e. The van der Waals surface area contributed by atoms with Gasteiger partial charge >= 0.3 is 0 Å². The maximum absolute atomic E-state index is 13.3. The van der Waals surface area contributed by atoms with Crippen molar-refractivity contribution in [2.75, 3.05) is 27.3 Å². The molecule has 1 saturated heterocycles. The third-order valence-electron chi connectivity index (χ3n) is 2.39. The molecule has 0 radical (unpaired) electrons. The van der Waals surface area contributed by atoms with Crippen molar-refractivity contribution in [1.29, 1.82) is 0 Å². The van der Waals surface area contributed by atoms with Crippen molar-refractivity contribution in [3.63, 3.8) is 0 Å². The van der Waals surface area contributed by atoms with Gasteiger partial charge in [-0.1, -0.05) is 20.8 Å². The minimum atomic E-state index is -0.722. The Morgan fingerprint density at radius 3 is 2.31 bits per heavy atom. The highest BCUT2D eigenvalue weighted by molar-refractivity contribution is 4.89. The van der Waals surface area contributed by atoms with Crippen LogP contribution in [0.1, 0.15) is 20.8 Å². The molecule has 0 saturated carbocycles. The van der Waals surface area contributed by atoms with E-state index in [1.165, 1.54) is 0 Å². The minimum absolute atomic E-state index is 0.0324. The Balaban J connectivity index is 0.000000671. The van der Waals surface area contributed by atoms with Crippen LogP contribution in [0.4, 0.5) is 4.39 Å². The van der Waals surface area contributed by atoms with Gasteiger partial charge in [0.15, 0.2) is 0 Å². The van der Waals surface area contributed by atoms with Crippen LogP contribution in [0.5, 0.6) is 0 Å². The summed E-state index contributed by atoms with van der Waals surface area (Å²) in [5.41, 5.74) is 0. The topological polar surface area (TPSA) is 12.5 Å². The zero-order valence-electron chi connectivity index (χ0n) is 9.38. The Labute approximate surface area is 81.1 Å². The first-order valence-electron chi connectivity index (χ1n) is 5.00. The van der Waals surface area contributed by atoms with Crippen molar-refractivity contribution in [2.24, 2.45) is 5.92 Å². The van der Waals surface area contributed by atoms with Crippen LogP contribution >= 0.6 is 0 Å². The second-order valence-electron chi connectivity index (χ2n) is 3.38. The molecule has 0 aromatic carbocycles. The molecule has 0 amide bonds. The third-order valence-corrected chi connectivity index (χ3v) is 2.39. The number of hydrogen-bond acceptors (Lipinski definition) is 2. The van der Waals surface area contributed by atoms with Gasteiger partial charge in [0.1, 0.15) is 6.17 Å². The molecule has 0 N–H and O–H groups in total. The second-order valence-corrected chi connectivity index (χ2v) is 3.38. The van der Waals surface area contributed by atoms with Crippen LogP contribution in [-0.2, 0) is 4.74 Å². The Hall–Kier alpha value is -0.150. The Kier molecular flexibility index (Phi) is 6.25. The van der Waals surface area contributed by atoms with Gasteiger partial charge in [0, 0.05) is 19.6 Å². The molecule has 3 heteroatoms. The quantitative estimate of drug-likeness (QED) is 0.661. The van der Waals surface area contributed by atoms with Gasteiger partial charge < -0.3 is 4.74 Å². The van der Waals surface area contributed by atoms with E-state index in [1.54, 1.807) is 7.11 Å². The molecule has 0 bridgehead atoms. The summed E-state index contributed by atoms with van der Waals surface area (Å²) in [7, 11) is 3.56. The second kappa shape index (κ2) is 6.33. The molecule has 1 rings (SSSR count). The molecule has 0 aromatic heterocycles. The van der Waals surface area contributed by atoms with Gasteiger partial charge in [-0.2, -0.15) is 0 Å². The van der Waals surface area contributed by atoms with E-state index in [1.807, 2.05) is 32.7 Å². The van der Waals surface area contributed by atoms with E-state index in [-0.39, 0.29) is 12.0 Å². The SMILES string of the molecule is CC.COCC1C(F)C(C)CN1C. The highest BCUT2D eigenvalue weighted by Crippen LogP contribution is 2.24. The summed E-state index contributed by atoms with van der Waals surface area (Å²) in [5, 5.41) is 0. The van der Waals surface area contributed by atoms with Crippen LogP contribution in [-0.4, -0.2) is 44.4 Å². The van der Waals surface area contributed by atoms with Gasteiger partial charge in [-0.3, -0.25) is 4.90 Å². The lowest BCUT2D eigenvalue weighted by molar-refractivity contribution is 0.0937. The first kappa shape index (κ1) is 12.8. The fourth-order valence-electron chi connectivity index (χ4n) is 1.70. The van der Waals surface area contributed by atoms with Crippen molar-refractivity contribution in [3.8, 4) is 0 Å². The molecule has 13 heavy (non-hydrogen) atoms. The molecule has 0 spiro atoms. The summed E-state index contributed by atoms with van der Waals surface area (Å²) in [5.74, 6) is 0.153. The van der Waals surface area contributed by atoms with E-state index < -0.39 is 6.17 Å². The monoisotopic (exact) mass is 191 g/mol. The Bertz CT molecular complexity index is 132. The van der Waals surface area contributed by atoms with Crippen LogP contribution in [0.2, 0.25) is 0 Å². The maximum Gasteiger partial charge on any atom is 0.122 e. The molecule has 0 aliphatic carbocycles. The number of halogens is 1. The highest BCUT2D eigenvalue weighted by Gasteiger charge is 2.37. The van der Waals surface area contributed by atoms with Gasteiger partial charge in [-0.25, -0.2) is 4.39 Å². The highest BCUT2D eigenvalue weighted by atomic mass is 19.1. The summed E-state index contributed by atoms with van der Waals surface area (Å²) < 4.78 is 18.2. The normalized spacial score (nSPS) is 34.2. The summed E-state index contributed by atoms with van der Waals surface area (Å²) in [6, 6.07) is -0.0324. The van der Waals surface area contributed by atoms with E-state index in [0.29, 0.717) is 6.61 Å². The number of likely N-dealkylation sites (tertiary alicyclic amines) is 1. The van der Waals surface area contributed by atoms with E-state index in [0.717, 1.165) is 6.54 Å². The molecule has 0 aromatic rings. The third kappa shape index (κ3) is 3.24. The molecular formula is C10H22FNO. The zero-order valence-corrected chi connectivity index (χ0v) is 9.38. The molecule has 1 aliphatic rings. The van der Waals surface area contributed by atoms with Crippen molar-refractivity contribution in [3.05, 3.63) is 0 Å². The van der Waals surface area contributed by atoms with Gasteiger partial charge in [0.2, 0.25) is 0 Å². The number of nitrogens with zero attached hydrogens (tertiary/aromatic N) is 1. The van der Waals surface area contributed by atoms with Crippen molar-refractivity contribution in [2.45, 2.75) is 33.0 Å². The Morgan fingerprint density at radius 1 is 1.46 bits per heavy atom. The molecule has 1 aliphatic heterocycles. The summed E-state index contributed by atoms with van der Waals surface area (Å²) >= 11 is 0. The molecule has 1 heterocycles. The van der Waals surface area contributed by atoms with E-state index in [9.17, 15) is 4.39 Å². The molecule has 3 unspecified atom stereocenters. The van der Waals surface area contributed by atoms with Crippen molar-refractivity contribution < 1.29 is 9.13 Å². The van der Waals surface area contributed by atoms with Gasteiger partial charge in [-0.05, 0) is 7.05 Å². The van der Waals surface area contributed by atoms with Crippen LogP contribution in [0.3, 0.4) is 0 Å². The van der Waals surface area contributed by atoms with Crippen molar-refractivity contribution in [1.82, 2.24) is 4.90 Å². The average Bonchev–Trinajstić information content (AvgIpc) is 2.36. The molecule has 80 valence electrons. The fourth-order valence-corrected chi connectivity index (χ4v) is 1.70. The van der Waals surface area contributed by atoms with Gasteiger partial charge in [0.25, 0.3) is 0 Å². The number of likely N-dealkylation sites (N-methyl/N-ethyl adjacent to an activating group) is 1. The van der Waals surface area contributed by atoms with Crippen LogP contribution in [0.25, 0.3) is 0 Å². The van der Waals surface area contributed by atoms with Crippen LogP contribution in [0.15, 0.2) is 0 Å². The van der Waals surface area contributed by atoms with E-state index >= 15 is 0 Å². The number of alkyl halides is 1. The maximum atomic E-state index is 13.3. The number of rotatable bonds is 2. The lowest BCUT2D eigenvalue weighted by Gasteiger charge is -2.19. The number of methoxy groups -OCH3 is 1. The lowest BCUT2D eigenvalue weighted by Crippen LogP contribution is -2.34. The average molecular weight is 191 g/mol. The molecular weight excluding hydrogens is 169 g/mol. The standard InChI is InChI=1S/C8H16FNO.C2H6/c1-6-4-10(2)7(5-11-3)8(6)9;1-2/h6-8H,4-5H2,1-3H3;1-2H3. The van der Waals surface area contributed by atoms with Crippen LogP contribution in [0, 0.1) is 5.92 Å². The summed E-state index contributed by atoms with van der Waals surface area (Å²) in [4.78, 5) is 2.03. The van der Waals surface area contributed by atoms with Crippen LogP contribution < -0.4 is 0 Å². The number of ether oxygens (including phenoxy) is 1. The molecule has 1 fully saturated rings. The Morgan fingerprint density at radius 2 is 2.00 bits per heavy atom. The predicted octanol–water partition coefficient (Wildman–Crippen LogP) is 1.95. The lowest BCUT2D eigenvalue weighted by atomic mass is 10.1. The summed E-state index contributed by atoms with van der Waals surface area (Å²) in [6.07, 6.45) is -0.722. The van der Waals surface area contributed by atoms with Gasteiger partial charge in [-0.15, -0.1) is 0 Å². The predicted molar refractivity (Wildman–Crippen MR) is 53.7 cm³/mol. The van der Waals surface area contributed by atoms with E-state index in [4.69, 9.17) is 4.74 Å². The largest absolute Gasteiger partial charge is 0.383 e. The first-order valence-corrected chi connectivity index (χ1v) is 5.00. The summed E-state index contributed by atoms with van der Waals surface area (Å²) in [6.45, 7) is 7.29. The molecule has 2 nitrogen and oxygen atoms in total. The molecule has 3 atom stereocenters. The van der Waals surface area contributed by atoms with Crippen molar-refractivity contribution >= 4 is 0 Å². The fraction of sp³-hybridized carbons (Fsp3) is 1.00. The first-order chi connectivity index (χ1) is 6.16. The smallest absolute Gasteiger partial charge is 0.122 e. The van der Waals surface area contributed by atoms with E-state index in [2.05, 4.69) is 0 Å². The van der Waals surface area contributed by atoms with Gasteiger partial charge in [0.05, 0.1) is 12.6 Å².